The Bertz CT molecular complexity index is 798. The van der Waals surface area contributed by atoms with Crippen LogP contribution in [0.3, 0.4) is 0 Å². The molecular weight excluding hydrogens is 308 g/mol. The first-order chi connectivity index (χ1) is 11.1. The lowest BCUT2D eigenvalue weighted by molar-refractivity contribution is 0.346. The summed E-state index contributed by atoms with van der Waals surface area (Å²) in [4.78, 5) is 3.92. The molecular formula is C18H24N2O2S. The molecule has 0 atom stereocenters. The highest BCUT2D eigenvalue weighted by Crippen LogP contribution is 2.35. The first-order valence-electron chi connectivity index (χ1n) is 8.77. The number of hydrogen-bond acceptors (Lipinski definition) is 2. The third-order valence-corrected chi connectivity index (χ3v) is 7.26. The van der Waals surface area contributed by atoms with E-state index in [0.29, 0.717) is 23.9 Å². The molecule has 0 spiro atoms. The van der Waals surface area contributed by atoms with E-state index in [4.69, 9.17) is 0 Å². The highest BCUT2D eigenvalue weighted by molar-refractivity contribution is 7.89. The summed E-state index contributed by atoms with van der Waals surface area (Å²) in [5.41, 5.74) is 2.31. The van der Waals surface area contributed by atoms with Gasteiger partial charge in [-0.25, -0.2) is 8.42 Å². The Hall–Kier alpha value is -1.33. The minimum Gasteiger partial charge on any atom is -0.358 e. The predicted octanol–water partition coefficient (Wildman–Crippen LogP) is 4.00. The van der Waals surface area contributed by atoms with Crippen LogP contribution in [0.1, 0.15) is 56.6 Å². The monoisotopic (exact) mass is 332 g/mol. The van der Waals surface area contributed by atoms with Crippen LogP contribution in [0.15, 0.2) is 29.2 Å². The largest absolute Gasteiger partial charge is 0.358 e. The van der Waals surface area contributed by atoms with Crippen LogP contribution >= 0.6 is 0 Å². The zero-order chi connectivity index (χ0) is 15.9. The lowest BCUT2D eigenvalue weighted by Gasteiger charge is -2.25. The van der Waals surface area contributed by atoms with Crippen LogP contribution in [0.5, 0.6) is 0 Å². The van der Waals surface area contributed by atoms with Crippen molar-refractivity contribution in [3.63, 3.8) is 0 Å². The van der Waals surface area contributed by atoms with E-state index in [9.17, 15) is 8.42 Å². The van der Waals surface area contributed by atoms with Crippen LogP contribution < -0.4 is 0 Å². The van der Waals surface area contributed by atoms with Crippen molar-refractivity contribution in [3.05, 3.63) is 30.0 Å². The van der Waals surface area contributed by atoms with E-state index in [-0.39, 0.29) is 0 Å². The van der Waals surface area contributed by atoms with Gasteiger partial charge in [-0.05, 0) is 55.9 Å². The first-order valence-corrected chi connectivity index (χ1v) is 10.2. The molecule has 1 N–H and O–H groups in total. The van der Waals surface area contributed by atoms with Gasteiger partial charge in [-0.3, -0.25) is 0 Å². The minimum atomic E-state index is -3.34. The fourth-order valence-electron chi connectivity index (χ4n) is 4.00. The lowest BCUT2D eigenvalue weighted by Crippen LogP contribution is -2.35. The predicted molar refractivity (Wildman–Crippen MR) is 92.1 cm³/mol. The summed E-state index contributed by atoms with van der Waals surface area (Å²) in [5.74, 6) is 0.615. The Morgan fingerprint density at radius 1 is 0.957 bits per heavy atom. The van der Waals surface area contributed by atoms with Crippen molar-refractivity contribution >= 4 is 20.9 Å². The van der Waals surface area contributed by atoms with E-state index in [1.54, 1.807) is 10.4 Å². The van der Waals surface area contributed by atoms with Crippen molar-refractivity contribution in [2.24, 2.45) is 0 Å². The second-order valence-corrected chi connectivity index (χ2v) is 8.86. The molecule has 5 heteroatoms. The highest BCUT2D eigenvalue weighted by atomic mass is 32.2. The number of benzene rings is 1. The van der Waals surface area contributed by atoms with Crippen molar-refractivity contribution < 1.29 is 8.42 Å². The van der Waals surface area contributed by atoms with E-state index in [1.807, 2.05) is 12.1 Å². The number of aromatic nitrogens is 1. The number of rotatable bonds is 3. The second kappa shape index (κ2) is 5.95. The number of hydrogen-bond donors (Lipinski definition) is 1. The zero-order valence-electron chi connectivity index (χ0n) is 13.4. The molecule has 2 aromatic rings. The summed E-state index contributed by atoms with van der Waals surface area (Å²) in [6.45, 7) is 1.31. The molecule has 1 aromatic carbocycles. The van der Waals surface area contributed by atoms with Gasteiger partial charge in [0.1, 0.15) is 0 Å². The summed E-state index contributed by atoms with van der Waals surface area (Å²) >= 11 is 0. The average Bonchev–Trinajstić information content (AvgIpc) is 3.24. The minimum absolute atomic E-state index is 0.434. The molecule has 23 heavy (non-hydrogen) atoms. The number of H-pyrrole nitrogens is 1. The zero-order valence-corrected chi connectivity index (χ0v) is 14.2. The summed E-state index contributed by atoms with van der Waals surface area (Å²) in [6, 6.07) is 7.67. The number of fused-ring (bicyclic) bond motifs is 1. The van der Waals surface area contributed by atoms with Gasteiger partial charge in [-0.15, -0.1) is 0 Å². The van der Waals surface area contributed by atoms with Crippen molar-refractivity contribution in [1.82, 2.24) is 9.29 Å². The standard InChI is InChI=1S/C18H24N2O2S/c21-23(22,20-10-4-1-5-11-20)16-8-9-17-15(12-16)13-18(19-17)14-6-2-3-7-14/h8-9,12-14,19H,1-7,10-11H2. The van der Waals surface area contributed by atoms with Gasteiger partial charge in [-0.1, -0.05) is 19.3 Å². The molecule has 0 amide bonds. The van der Waals surface area contributed by atoms with Crippen molar-refractivity contribution in [3.8, 4) is 0 Å². The highest BCUT2D eigenvalue weighted by Gasteiger charge is 2.26. The molecule has 2 heterocycles. The molecule has 0 bridgehead atoms. The van der Waals surface area contributed by atoms with Gasteiger partial charge in [0.25, 0.3) is 0 Å². The molecule has 4 nitrogen and oxygen atoms in total. The van der Waals surface area contributed by atoms with Gasteiger partial charge in [0, 0.05) is 29.7 Å². The summed E-state index contributed by atoms with van der Waals surface area (Å²) < 4.78 is 27.3. The molecule has 1 aliphatic heterocycles. The number of aromatic amines is 1. The van der Waals surface area contributed by atoms with Gasteiger partial charge in [-0.2, -0.15) is 4.31 Å². The molecule has 4 rings (SSSR count). The maximum atomic E-state index is 12.8. The maximum Gasteiger partial charge on any atom is 0.243 e. The van der Waals surface area contributed by atoms with E-state index in [0.717, 1.165) is 30.2 Å². The van der Waals surface area contributed by atoms with E-state index in [1.165, 1.54) is 31.4 Å². The molecule has 0 unspecified atom stereocenters. The number of piperidine rings is 1. The summed E-state index contributed by atoms with van der Waals surface area (Å²) in [7, 11) is -3.34. The molecule has 0 radical (unpaired) electrons. The van der Waals surface area contributed by atoms with Gasteiger partial charge in [0.05, 0.1) is 4.90 Å². The Morgan fingerprint density at radius 3 is 2.43 bits per heavy atom. The SMILES string of the molecule is O=S(=O)(c1ccc2[nH]c(C3CCCC3)cc2c1)N1CCCCC1. The van der Waals surface area contributed by atoms with Crippen molar-refractivity contribution in [1.29, 1.82) is 0 Å². The summed E-state index contributed by atoms with van der Waals surface area (Å²) in [5, 5.41) is 1.02. The normalized spacial score (nSPS) is 21.2. The maximum absolute atomic E-state index is 12.8. The number of nitrogens with zero attached hydrogens (tertiary/aromatic N) is 1. The van der Waals surface area contributed by atoms with Gasteiger partial charge < -0.3 is 4.98 Å². The van der Waals surface area contributed by atoms with Crippen LogP contribution in [0, 0.1) is 0 Å². The van der Waals surface area contributed by atoms with Crippen molar-refractivity contribution in [2.45, 2.75) is 55.8 Å². The quantitative estimate of drug-likeness (QED) is 0.923. The fraction of sp³-hybridized carbons (Fsp3) is 0.556. The van der Waals surface area contributed by atoms with Gasteiger partial charge in [0.2, 0.25) is 10.0 Å². The molecule has 1 saturated heterocycles. The third-order valence-electron chi connectivity index (χ3n) is 5.36. The fourth-order valence-corrected chi connectivity index (χ4v) is 5.56. The van der Waals surface area contributed by atoms with Crippen LogP contribution in [-0.4, -0.2) is 30.8 Å². The number of sulfonamides is 1. The van der Waals surface area contributed by atoms with E-state index >= 15 is 0 Å². The molecule has 1 aliphatic carbocycles. The van der Waals surface area contributed by atoms with Crippen LogP contribution in [0.4, 0.5) is 0 Å². The molecule has 124 valence electrons. The van der Waals surface area contributed by atoms with E-state index in [2.05, 4.69) is 11.1 Å². The Balaban J connectivity index is 1.67. The second-order valence-electron chi connectivity index (χ2n) is 6.92. The lowest BCUT2D eigenvalue weighted by atomic mass is 10.0. The Kier molecular flexibility index (Phi) is 3.93. The van der Waals surface area contributed by atoms with Crippen LogP contribution in [-0.2, 0) is 10.0 Å². The Labute approximate surface area is 137 Å². The first kappa shape index (κ1) is 15.2. The van der Waals surface area contributed by atoms with Crippen molar-refractivity contribution in [2.75, 3.05) is 13.1 Å². The number of nitrogens with one attached hydrogen (secondary N) is 1. The summed E-state index contributed by atoms with van der Waals surface area (Å²) in [6.07, 6.45) is 8.16. The van der Waals surface area contributed by atoms with Crippen LogP contribution in [0.25, 0.3) is 10.9 Å². The van der Waals surface area contributed by atoms with Gasteiger partial charge in [0.15, 0.2) is 0 Å². The molecule has 1 saturated carbocycles. The topological polar surface area (TPSA) is 53.2 Å². The Morgan fingerprint density at radius 2 is 1.70 bits per heavy atom. The van der Waals surface area contributed by atoms with E-state index < -0.39 is 10.0 Å². The average molecular weight is 332 g/mol. The molecule has 2 fully saturated rings. The smallest absolute Gasteiger partial charge is 0.243 e. The third kappa shape index (κ3) is 2.81. The van der Waals surface area contributed by atoms with Gasteiger partial charge >= 0.3 is 0 Å². The van der Waals surface area contributed by atoms with Crippen LogP contribution in [0.2, 0.25) is 0 Å². The molecule has 2 aliphatic rings. The molecule has 1 aromatic heterocycles.